The van der Waals surface area contributed by atoms with Crippen molar-refractivity contribution >= 4 is 11.3 Å². The quantitative estimate of drug-likeness (QED) is 0.803. The number of hydrogen-bond donors (Lipinski definition) is 1. The van der Waals surface area contributed by atoms with Gasteiger partial charge in [0.2, 0.25) is 0 Å². The predicted octanol–water partition coefficient (Wildman–Crippen LogP) is 3.79. The summed E-state index contributed by atoms with van der Waals surface area (Å²) >= 11 is 1.71. The third-order valence-electron chi connectivity index (χ3n) is 3.13. The minimum atomic E-state index is 0.809. The summed E-state index contributed by atoms with van der Waals surface area (Å²) in [4.78, 5) is 5.57. The smallest absolute Gasteiger partial charge is 0.0801 e. The summed E-state index contributed by atoms with van der Waals surface area (Å²) in [5, 5.41) is 0. The summed E-state index contributed by atoms with van der Waals surface area (Å²) in [5.74, 6) is 0. The molecule has 18 heavy (non-hydrogen) atoms. The standard InChI is InChI=1S/C15H20N2S/c1-12-15(18-11-17-12)14-8-6-13(7-9-14)5-3-2-4-10-16/h6-9,11H,2-5,10,16H2,1H3. The monoisotopic (exact) mass is 260 g/mol. The molecule has 2 aromatic rings. The van der Waals surface area contributed by atoms with Gasteiger partial charge in [0.15, 0.2) is 0 Å². The Labute approximate surface area is 113 Å². The molecule has 1 aromatic heterocycles. The number of unbranched alkanes of at least 4 members (excludes halogenated alkanes) is 2. The Hall–Kier alpha value is -1.19. The molecule has 1 aromatic carbocycles. The van der Waals surface area contributed by atoms with Crippen molar-refractivity contribution in [3.63, 3.8) is 0 Å². The molecule has 2 N–H and O–H groups in total. The highest BCUT2D eigenvalue weighted by atomic mass is 32.1. The van der Waals surface area contributed by atoms with Crippen molar-refractivity contribution in [2.24, 2.45) is 5.73 Å². The van der Waals surface area contributed by atoms with Crippen LogP contribution in [0.15, 0.2) is 29.8 Å². The van der Waals surface area contributed by atoms with E-state index in [4.69, 9.17) is 5.73 Å². The molecular formula is C15H20N2S. The topological polar surface area (TPSA) is 38.9 Å². The van der Waals surface area contributed by atoms with Crippen molar-refractivity contribution in [3.8, 4) is 10.4 Å². The zero-order chi connectivity index (χ0) is 12.8. The van der Waals surface area contributed by atoms with Crippen molar-refractivity contribution in [2.75, 3.05) is 6.54 Å². The molecule has 0 radical (unpaired) electrons. The zero-order valence-electron chi connectivity index (χ0n) is 10.9. The van der Waals surface area contributed by atoms with Crippen LogP contribution in [0.4, 0.5) is 0 Å². The van der Waals surface area contributed by atoms with Gasteiger partial charge < -0.3 is 5.73 Å². The fourth-order valence-electron chi connectivity index (χ4n) is 2.05. The van der Waals surface area contributed by atoms with E-state index >= 15 is 0 Å². The first-order valence-corrected chi connectivity index (χ1v) is 7.38. The molecule has 0 atom stereocenters. The van der Waals surface area contributed by atoms with Gasteiger partial charge in [-0.05, 0) is 43.9 Å². The van der Waals surface area contributed by atoms with Crippen molar-refractivity contribution in [1.29, 1.82) is 0 Å². The molecule has 3 heteroatoms. The van der Waals surface area contributed by atoms with E-state index in [1.165, 1.54) is 28.8 Å². The fraction of sp³-hybridized carbons (Fsp3) is 0.400. The Morgan fingerprint density at radius 3 is 2.50 bits per heavy atom. The maximum Gasteiger partial charge on any atom is 0.0801 e. The van der Waals surface area contributed by atoms with E-state index in [0.29, 0.717) is 0 Å². The molecule has 0 unspecified atom stereocenters. The lowest BCUT2D eigenvalue weighted by Crippen LogP contribution is -1.98. The molecule has 0 bridgehead atoms. The zero-order valence-corrected chi connectivity index (χ0v) is 11.7. The van der Waals surface area contributed by atoms with Crippen molar-refractivity contribution in [2.45, 2.75) is 32.6 Å². The number of nitrogens with zero attached hydrogens (tertiary/aromatic N) is 1. The third kappa shape index (κ3) is 3.40. The maximum absolute atomic E-state index is 5.49. The van der Waals surface area contributed by atoms with Crippen LogP contribution in [-0.2, 0) is 6.42 Å². The Kier molecular flexibility index (Phi) is 4.90. The van der Waals surface area contributed by atoms with Crippen molar-refractivity contribution in [3.05, 3.63) is 41.0 Å². The second-order valence-electron chi connectivity index (χ2n) is 4.56. The van der Waals surface area contributed by atoms with Crippen LogP contribution < -0.4 is 5.73 Å². The van der Waals surface area contributed by atoms with Gasteiger partial charge in [-0.1, -0.05) is 30.7 Å². The summed E-state index contributed by atoms with van der Waals surface area (Å²) in [5.41, 5.74) is 11.2. The SMILES string of the molecule is Cc1ncsc1-c1ccc(CCCCCN)cc1. The molecule has 2 rings (SSSR count). The first-order valence-electron chi connectivity index (χ1n) is 6.50. The summed E-state index contributed by atoms with van der Waals surface area (Å²) in [6.07, 6.45) is 4.75. The predicted molar refractivity (Wildman–Crippen MR) is 78.9 cm³/mol. The Balaban J connectivity index is 1.96. The molecule has 1 heterocycles. The second-order valence-corrected chi connectivity index (χ2v) is 5.42. The molecule has 0 aliphatic rings. The summed E-state index contributed by atoms with van der Waals surface area (Å²) in [7, 11) is 0. The highest BCUT2D eigenvalue weighted by Crippen LogP contribution is 2.27. The third-order valence-corrected chi connectivity index (χ3v) is 4.11. The van der Waals surface area contributed by atoms with Gasteiger partial charge in [-0.3, -0.25) is 0 Å². The number of nitrogens with two attached hydrogens (primary N) is 1. The Morgan fingerprint density at radius 2 is 1.89 bits per heavy atom. The molecule has 0 amide bonds. The average Bonchev–Trinajstić information content (AvgIpc) is 2.82. The molecule has 0 spiro atoms. The van der Waals surface area contributed by atoms with Crippen LogP contribution in [0.25, 0.3) is 10.4 Å². The lowest BCUT2D eigenvalue weighted by molar-refractivity contribution is 0.686. The molecule has 96 valence electrons. The lowest BCUT2D eigenvalue weighted by atomic mass is 10.0. The normalized spacial score (nSPS) is 10.8. The largest absolute Gasteiger partial charge is 0.330 e. The van der Waals surface area contributed by atoms with Gasteiger partial charge in [-0.25, -0.2) is 4.98 Å². The number of aromatic nitrogens is 1. The number of aryl methyl sites for hydroxylation is 2. The number of benzene rings is 1. The van der Waals surface area contributed by atoms with Gasteiger partial charge in [-0.15, -0.1) is 11.3 Å². The maximum atomic E-state index is 5.49. The average molecular weight is 260 g/mol. The van der Waals surface area contributed by atoms with Crippen LogP contribution in [0.2, 0.25) is 0 Å². The van der Waals surface area contributed by atoms with E-state index in [2.05, 4.69) is 36.2 Å². The lowest BCUT2D eigenvalue weighted by Gasteiger charge is -2.03. The van der Waals surface area contributed by atoms with Crippen LogP contribution in [0.1, 0.15) is 30.5 Å². The molecular weight excluding hydrogens is 240 g/mol. The van der Waals surface area contributed by atoms with E-state index in [1.807, 2.05) is 5.51 Å². The minimum absolute atomic E-state index is 0.809. The molecule has 0 saturated carbocycles. The first-order chi connectivity index (χ1) is 8.81. The summed E-state index contributed by atoms with van der Waals surface area (Å²) in [6.45, 7) is 2.87. The van der Waals surface area contributed by atoms with Crippen LogP contribution in [-0.4, -0.2) is 11.5 Å². The van der Waals surface area contributed by atoms with Crippen LogP contribution in [0.3, 0.4) is 0 Å². The van der Waals surface area contributed by atoms with Crippen LogP contribution in [0.5, 0.6) is 0 Å². The molecule has 0 fully saturated rings. The number of rotatable bonds is 6. The minimum Gasteiger partial charge on any atom is -0.330 e. The Morgan fingerprint density at radius 1 is 1.11 bits per heavy atom. The van der Waals surface area contributed by atoms with E-state index in [9.17, 15) is 0 Å². The second kappa shape index (κ2) is 6.66. The van der Waals surface area contributed by atoms with Crippen LogP contribution >= 0.6 is 11.3 Å². The van der Waals surface area contributed by atoms with Crippen LogP contribution in [0, 0.1) is 6.92 Å². The van der Waals surface area contributed by atoms with Crippen molar-refractivity contribution < 1.29 is 0 Å². The van der Waals surface area contributed by atoms with Gasteiger partial charge in [-0.2, -0.15) is 0 Å². The van der Waals surface area contributed by atoms with Gasteiger partial charge >= 0.3 is 0 Å². The highest BCUT2D eigenvalue weighted by Gasteiger charge is 2.04. The summed E-state index contributed by atoms with van der Waals surface area (Å²) in [6, 6.07) is 8.88. The van der Waals surface area contributed by atoms with Crippen molar-refractivity contribution in [1.82, 2.24) is 4.98 Å². The van der Waals surface area contributed by atoms with Gasteiger partial charge in [0.1, 0.15) is 0 Å². The number of hydrogen-bond acceptors (Lipinski definition) is 3. The molecule has 0 aliphatic heterocycles. The molecule has 2 nitrogen and oxygen atoms in total. The van der Waals surface area contributed by atoms with E-state index < -0.39 is 0 Å². The molecule has 0 saturated heterocycles. The van der Waals surface area contributed by atoms with Gasteiger partial charge in [0.05, 0.1) is 16.1 Å². The first kappa shape index (κ1) is 13.2. The Bertz CT molecular complexity index is 473. The number of thiazole rings is 1. The van der Waals surface area contributed by atoms with Gasteiger partial charge in [0, 0.05) is 0 Å². The van der Waals surface area contributed by atoms with E-state index in [1.54, 1.807) is 11.3 Å². The van der Waals surface area contributed by atoms with E-state index in [-0.39, 0.29) is 0 Å². The molecule has 0 aliphatic carbocycles. The fourth-order valence-corrected chi connectivity index (χ4v) is 2.86. The van der Waals surface area contributed by atoms with E-state index in [0.717, 1.165) is 25.1 Å². The van der Waals surface area contributed by atoms with Gasteiger partial charge in [0.25, 0.3) is 0 Å². The highest BCUT2D eigenvalue weighted by molar-refractivity contribution is 7.13. The summed E-state index contributed by atoms with van der Waals surface area (Å²) < 4.78 is 0.